The van der Waals surface area contributed by atoms with Crippen molar-refractivity contribution in [2.75, 3.05) is 5.32 Å². The van der Waals surface area contributed by atoms with Gasteiger partial charge in [0.2, 0.25) is 0 Å². The molecule has 2 N–H and O–H groups in total. The summed E-state index contributed by atoms with van der Waals surface area (Å²) in [7, 11) is 0. The molecule has 102 valence electrons. The summed E-state index contributed by atoms with van der Waals surface area (Å²) in [6.45, 7) is 1.62. The van der Waals surface area contributed by atoms with Gasteiger partial charge in [-0.1, -0.05) is 12.1 Å². The van der Waals surface area contributed by atoms with Crippen LogP contribution < -0.4 is 5.32 Å². The first-order valence-corrected chi connectivity index (χ1v) is 5.88. The SMILES string of the molecule is Cc1ccc(NC(=O)c2cccc(C(=O)O)c2)cc1F. The van der Waals surface area contributed by atoms with E-state index in [4.69, 9.17) is 5.11 Å². The molecule has 20 heavy (non-hydrogen) atoms. The van der Waals surface area contributed by atoms with Gasteiger partial charge >= 0.3 is 5.97 Å². The lowest BCUT2D eigenvalue weighted by Gasteiger charge is -2.07. The first-order chi connectivity index (χ1) is 9.47. The van der Waals surface area contributed by atoms with Crippen LogP contribution in [0.4, 0.5) is 10.1 Å². The number of carbonyl (C=O) groups is 2. The van der Waals surface area contributed by atoms with Gasteiger partial charge in [-0.3, -0.25) is 4.79 Å². The summed E-state index contributed by atoms with van der Waals surface area (Å²) in [4.78, 5) is 22.8. The number of halogens is 1. The van der Waals surface area contributed by atoms with Crippen LogP contribution >= 0.6 is 0 Å². The second kappa shape index (κ2) is 5.52. The van der Waals surface area contributed by atoms with Crippen LogP contribution in [0.5, 0.6) is 0 Å². The predicted octanol–water partition coefficient (Wildman–Crippen LogP) is 3.08. The number of hydrogen-bond donors (Lipinski definition) is 2. The van der Waals surface area contributed by atoms with E-state index in [0.29, 0.717) is 11.3 Å². The maximum Gasteiger partial charge on any atom is 0.335 e. The second-order valence-electron chi connectivity index (χ2n) is 4.30. The zero-order valence-electron chi connectivity index (χ0n) is 10.7. The quantitative estimate of drug-likeness (QED) is 0.903. The van der Waals surface area contributed by atoms with Gasteiger partial charge in [-0.2, -0.15) is 0 Å². The minimum absolute atomic E-state index is 0.0211. The number of benzene rings is 2. The number of rotatable bonds is 3. The third kappa shape index (κ3) is 3.00. The van der Waals surface area contributed by atoms with E-state index in [2.05, 4.69) is 5.32 Å². The molecule has 1 amide bonds. The minimum atomic E-state index is -1.11. The van der Waals surface area contributed by atoms with Gasteiger partial charge in [0.15, 0.2) is 0 Å². The number of hydrogen-bond acceptors (Lipinski definition) is 2. The van der Waals surface area contributed by atoms with Crippen LogP contribution in [0.1, 0.15) is 26.3 Å². The van der Waals surface area contributed by atoms with Crippen LogP contribution in [0.25, 0.3) is 0 Å². The van der Waals surface area contributed by atoms with Crippen molar-refractivity contribution in [3.63, 3.8) is 0 Å². The van der Waals surface area contributed by atoms with Gasteiger partial charge in [0, 0.05) is 11.3 Å². The molecule has 0 saturated heterocycles. The molecule has 0 aliphatic carbocycles. The molecule has 2 aromatic carbocycles. The van der Waals surface area contributed by atoms with E-state index < -0.39 is 17.7 Å². The molecule has 5 heteroatoms. The first-order valence-electron chi connectivity index (χ1n) is 5.88. The zero-order chi connectivity index (χ0) is 14.7. The van der Waals surface area contributed by atoms with Crippen molar-refractivity contribution >= 4 is 17.6 Å². The van der Waals surface area contributed by atoms with Gasteiger partial charge in [0.05, 0.1) is 5.56 Å². The topological polar surface area (TPSA) is 66.4 Å². The Hall–Kier alpha value is -2.69. The van der Waals surface area contributed by atoms with E-state index in [0.717, 1.165) is 0 Å². The van der Waals surface area contributed by atoms with Crippen LogP contribution in [-0.4, -0.2) is 17.0 Å². The van der Waals surface area contributed by atoms with E-state index >= 15 is 0 Å². The molecule has 0 atom stereocenters. The summed E-state index contributed by atoms with van der Waals surface area (Å²) in [5.41, 5.74) is 1.02. The Morgan fingerprint density at radius 2 is 1.80 bits per heavy atom. The Bertz CT molecular complexity index is 683. The monoisotopic (exact) mass is 273 g/mol. The third-order valence-corrected chi connectivity index (χ3v) is 2.80. The van der Waals surface area contributed by atoms with Gasteiger partial charge in [-0.25, -0.2) is 9.18 Å². The van der Waals surface area contributed by atoms with Gasteiger partial charge < -0.3 is 10.4 Å². The summed E-state index contributed by atoms with van der Waals surface area (Å²) in [6.07, 6.45) is 0. The minimum Gasteiger partial charge on any atom is -0.478 e. The lowest BCUT2D eigenvalue weighted by Crippen LogP contribution is -2.13. The Balaban J connectivity index is 2.21. The highest BCUT2D eigenvalue weighted by Gasteiger charge is 2.10. The molecule has 0 unspecified atom stereocenters. The van der Waals surface area contributed by atoms with Gasteiger partial charge in [0.1, 0.15) is 5.82 Å². The van der Waals surface area contributed by atoms with Crippen molar-refractivity contribution in [2.24, 2.45) is 0 Å². The van der Waals surface area contributed by atoms with Crippen molar-refractivity contribution in [3.8, 4) is 0 Å². The number of aryl methyl sites for hydroxylation is 1. The Morgan fingerprint density at radius 3 is 2.45 bits per heavy atom. The maximum absolute atomic E-state index is 13.4. The van der Waals surface area contributed by atoms with Crippen LogP contribution in [0.15, 0.2) is 42.5 Å². The number of carbonyl (C=O) groups excluding carboxylic acids is 1. The molecule has 0 radical (unpaired) electrons. The molecule has 0 aliphatic rings. The number of amides is 1. The van der Waals surface area contributed by atoms with Gasteiger partial charge in [-0.15, -0.1) is 0 Å². The highest BCUT2D eigenvalue weighted by molar-refractivity contribution is 6.05. The van der Waals surface area contributed by atoms with Crippen LogP contribution in [-0.2, 0) is 0 Å². The Morgan fingerprint density at radius 1 is 1.10 bits per heavy atom. The summed E-state index contributed by atoms with van der Waals surface area (Å²) >= 11 is 0. The third-order valence-electron chi connectivity index (χ3n) is 2.80. The summed E-state index contributed by atoms with van der Waals surface area (Å²) in [5, 5.41) is 11.4. The average molecular weight is 273 g/mol. The molecule has 0 spiro atoms. The predicted molar refractivity (Wildman–Crippen MR) is 72.5 cm³/mol. The molecule has 2 aromatic rings. The smallest absolute Gasteiger partial charge is 0.335 e. The molecule has 0 aliphatic heterocycles. The molecule has 2 rings (SSSR count). The molecule has 0 saturated carbocycles. The Labute approximate surface area is 114 Å². The van der Waals surface area contributed by atoms with Crippen LogP contribution in [0, 0.1) is 12.7 Å². The molecular formula is C15H12FNO3. The number of anilines is 1. The highest BCUT2D eigenvalue weighted by Crippen LogP contribution is 2.15. The summed E-state index contributed by atoms with van der Waals surface area (Å²) in [6, 6.07) is 9.98. The van der Waals surface area contributed by atoms with E-state index in [9.17, 15) is 14.0 Å². The van der Waals surface area contributed by atoms with Crippen molar-refractivity contribution in [1.29, 1.82) is 0 Å². The van der Waals surface area contributed by atoms with Crippen molar-refractivity contribution in [3.05, 3.63) is 65.0 Å². The van der Waals surface area contributed by atoms with Crippen LogP contribution in [0.2, 0.25) is 0 Å². The van der Waals surface area contributed by atoms with Gasteiger partial charge in [0.25, 0.3) is 5.91 Å². The molecular weight excluding hydrogens is 261 g/mol. The molecule has 0 heterocycles. The fraction of sp³-hybridized carbons (Fsp3) is 0.0667. The molecule has 0 bridgehead atoms. The van der Waals surface area contributed by atoms with E-state index in [1.54, 1.807) is 19.1 Å². The fourth-order valence-electron chi connectivity index (χ4n) is 1.67. The van der Waals surface area contributed by atoms with Crippen molar-refractivity contribution in [2.45, 2.75) is 6.92 Å². The normalized spacial score (nSPS) is 10.1. The zero-order valence-corrected chi connectivity index (χ0v) is 10.7. The van der Waals surface area contributed by atoms with Crippen LogP contribution in [0.3, 0.4) is 0 Å². The standard InChI is InChI=1S/C15H12FNO3/c1-9-5-6-12(8-13(9)16)17-14(18)10-3-2-4-11(7-10)15(19)20/h2-8H,1H3,(H,17,18)(H,19,20). The fourth-order valence-corrected chi connectivity index (χ4v) is 1.67. The molecule has 0 fully saturated rings. The number of carboxylic acids is 1. The van der Waals surface area contributed by atoms with Crippen molar-refractivity contribution in [1.82, 2.24) is 0 Å². The number of aromatic carboxylic acids is 1. The van der Waals surface area contributed by atoms with Crippen molar-refractivity contribution < 1.29 is 19.1 Å². The lowest BCUT2D eigenvalue weighted by molar-refractivity contribution is 0.0697. The largest absolute Gasteiger partial charge is 0.478 e. The first kappa shape index (κ1) is 13.7. The number of nitrogens with one attached hydrogen (secondary N) is 1. The summed E-state index contributed by atoms with van der Waals surface area (Å²) in [5.74, 6) is -2.01. The second-order valence-corrected chi connectivity index (χ2v) is 4.30. The molecule has 0 aromatic heterocycles. The summed E-state index contributed by atoms with van der Waals surface area (Å²) < 4.78 is 13.4. The highest BCUT2D eigenvalue weighted by atomic mass is 19.1. The lowest BCUT2D eigenvalue weighted by atomic mass is 10.1. The Kier molecular flexibility index (Phi) is 3.79. The molecule has 4 nitrogen and oxygen atoms in total. The average Bonchev–Trinajstić information content (AvgIpc) is 2.43. The van der Waals surface area contributed by atoms with E-state index in [1.165, 1.54) is 30.3 Å². The van der Waals surface area contributed by atoms with E-state index in [1.807, 2.05) is 0 Å². The number of carboxylic acid groups (broad SMARTS) is 1. The van der Waals surface area contributed by atoms with Gasteiger partial charge in [-0.05, 0) is 42.8 Å². The van der Waals surface area contributed by atoms with E-state index in [-0.39, 0.29) is 11.1 Å². The maximum atomic E-state index is 13.4.